The Kier molecular flexibility index (Phi) is 8.00. The molecule has 0 atom stereocenters. The van der Waals surface area contributed by atoms with Crippen molar-refractivity contribution in [2.75, 3.05) is 0 Å². The van der Waals surface area contributed by atoms with Crippen LogP contribution in [0.25, 0.3) is 263 Å². The van der Waals surface area contributed by atoms with E-state index in [9.17, 15) is 38.4 Å². The zero-order chi connectivity index (χ0) is 170. The molecule has 27 aromatic rings. The lowest BCUT2D eigenvalue weighted by atomic mass is 9.83. The number of benzene rings is 27. The van der Waals surface area contributed by atoms with E-state index in [2.05, 4.69) is 0 Å². The predicted molar refractivity (Wildman–Crippen MR) is 595 cm³/mol. The molecule has 27 aromatic carbocycles. The molecule has 0 amide bonds. The van der Waals surface area contributed by atoms with Gasteiger partial charge >= 0.3 is 0 Å². The molecule has 0 N–H and O–H groups in total. The number of hydrogen-bond acceptors (Lipinski definition) is 0. The third-order valence-corrected chi connectivity index (χ3v) is 21.6. The van der Waals surface area contributed by atoms with Gasteiger partial charge in [-0.3, -0.25) is 0 Å². The van der Waals surface area contributed by atoms with Crippen LogP contribution in [0.3, 0.4) is 0 Å². The lowest BCUT2D eigenvalue weighted by Crippen LogP contribution is -1.93. The fourth-order valence-corrected chi connectivity index (χ4v) is 15.8. The van der Waals surface area contributed by atoms with Crippen molar-refractivity contribution in [2.24, 2.45) is 0 Å². The first-order valence-corrected chi connectivity index (χ1v) is 40.5. The highest BCUT2D eigenvalue weighted by atomic mass is 14.3. The second-order valence-electron chi connectivity index (χ2n) is 29.2. The molecular weight excluding hydrogens is 1660 g/mol. The van der Waals surface area contributed by atoms with Gasteiger partial charge in [-0.05, 0) is 329 Å². The van der Waals surface area contributed by atoms with Crippen molar-refractivity contribution in [3.05, 3.63) is 544 Å². The predicted octanol–water partition coefficient (Wildman–Crippen LogP) is 38.9. The maximum absolute atomic E-state index is 10.3. The van der Waals surface area contributed by atoms with E-state index < -0.39 is 807 Å². The first-order valence-electron chi connectivity index (χ1n) is 85.5. The van der Waals surface area contributed by atoms with Crippen molar-refractivity contribution >= 4 is 129 Å². The highest BCUT2D eigenvalue weighted by Crippen LogP contribution is 2.52. The molecule has 0 heterocycles. The minimum Gasteiger partial charge on any atom is -0.0622 e. The summed E-state index contributed by atoms with van der Waals surface area (Å²) in [6.45, 7) is 0. The summed E-state index contributed by atoms with van der Waals surface area (Å²) in [4.78, 5) is 0. The maximum atomic E-state index is 10.3. The summed E-state index contributed by atoms with van der Waals surface area (Å²) in [6, 6.07) is -92.0. The summed E-state index contributed by atoms with van der Waals surface area (Å²) in [5.41, 5.74) is -21.6. The van der Waals surface area contributed by atoms with E-state index in [4.69, 9.17) is 85.0 Å². The topological polar surface area (TPSA) is 0 Å². The lowest BCUT2D eigenvalue weighted by molar-refractivity contribution is 1.63. The van der Waals surface area contributed by atoms with Crippen LogP contribution in [0.2, 0.25) is 0 Å². The fourth-order valence-electron chi connectivity index (χ4n) is 15.8. The van der Waals surface area contributed by atoms with Crippen molar-refractivity contribution in [1.82, 2.24) is 0 Å². The first kappa shape index (κ1) is 31.1. The molecule has 138 heavy (non-hydrogen) atoms. The average molecular weight is 1840 g/mol. The Hall–Kier alpha value is -17.9. The van der Waals surface area contributed by atoms with Gasteiger partial charge in [0, 0.05) is 0 Å². The molecule has 0 bridgehead atoms. The summed E-state index contributed by atoms with van der Waals surface area (Å²) in [5, 5.41) is -19.3. The summed E-state index contributed by atoms with van der Waals surface area (Å²) in [5.74, 6) is 0. The number of fused-ring (bicyclic) bond motifs is 12. The van der Waals surface area contributed by atoms with Crippen LogP contribution in [-0.2, 0) is 0 Å². The van der Waals surface area contributed by atoms with Crippen molar-refractivity contribution in [2.45, 2.75) is 0 Å². The Morgan fingerprint density at radius 2 is 0.290 bits per heavy atom. The number of rotatable bonds is 12. The molecule has 642 valence electrons. The van der Waals surface area contributed by atoms with Crippen molar-refractivity contribution in [3.8, 4) is 134 Å². The molecule has 0 radical (unpaired) electrons. The zero-order valence-corrected chi connectivity index (χ0v) is 69.0. The van der Waals surface area contributed by atoms with Gasteiger partial charge in [0.05, 0.1) is 123 Å². The van der Waals surface area contributed by atoms with E-state index in [0.717, 1.165) is 0 Å². The van der Waals surface area contributed by atoms with Gasteiger partial charge in [0.1, 0.15) is 0 Å². The smallest absolute Gasteiger partial charge is 0.0622 e. The highest BCUT2D eigenvalue weighted by Gasteiger charge is 2.25. The molecular formula is C138H90. The Labute approximate surface area is 929 Å². The molecule has 0 aromatic heterocycles. The van der Waals surface area contributed by atoms with Crippen LogP contribution in [-0.4, -0.2) is 0 Å². The standard InChI is InChI=1S/3C46H30/c1-3-14-32(15-4-1)43-30-36(28-34-19-8-10-22-39(34)43)46-41-24-12-11-23-40(41)45(33-17-5-2-6-18-33)42-27-26-35(29-44(42)46)38-25-13-20-31-16-7-9-21-37(31)38;1-3-14-32(15-4-1)43-30-38(28-37-19-9-10-20-39(37)43)46-41-22-12-11-21-40(41)45(33-16-5-2-6-17-33)44-29-36(25-26-42(44)46)35-24-23-31-13-7-8-18-34(31)27-35;1-3-14-32(15-4-1)43-30-38(28-37-19-9-10-20-39(37)43)46-41-22-12-11-21-40(41)45(33-16-5-2-6-17-33)42-26-25-36(29-44(42)46)35-24-23-31-13-7-8-18-34(31)27-35/h3*1-30H/i3*1D,2D,3D,4D,5D,6D,7D,8D,9D,10D,11D,12D,13D,14D,15D,16D,17D,18D,19D,20D,21D,22D,23D,24D,25D,26D,27D,28D,29D,30D. The van der Waals surface area contributed by atoms with E-state index in [1.54, 1.807) is 0 Å². The van der Waals surface area contributed by atoms with Gasteiger partial charge < -0.3 is 0 Å². The van der Waals surface area contributed by atoms with Crippen LogP contribution in [0.5, 0.6) is 0 Å². The van der Waals surface area contributed by atoms with Crippen LogP contribution >= 0.6 is 0 Å². The molecule has 0 spiro atoms. The second-order valence-corrected chi connectivity index (χ2v) is 29.2. The molecule has 27 rings (SSSR count). The Bertz CT molecular complexity index is 15200. The molecule has 0 unspecified atom stereocenters. The van der Waals surface area contributed by atoms with Gasteiger partial charge in [-0.1, -0.05) is 477 Å². The van der Waals surface area contributed by atoms with Gasteiger partial charge in [0.2, 0.25) is 0 Å². The lowest BCUT2D eigenvalue weighted by Gasteiger charge is -2.20. The van der Waals surface area contributed by atoms with Crippen molar-refractivity contribution in [1.29, 1.82) is 0 Å². The minimum absolute atomic E-state index is 0.617. The van der Waals surface area contributed by atoms with Gasteiger partial charge in [0.15, 0.2) is 0 Å². The van der Waals surface area contributed by atoms with Crippen molar-refractivity contribution < 1.29 is 123 Å². The summed E-state index contributed by atoms with van der Waals surface area (Å²) >= 11 is 0. The minimum atomic E-state index is -1.18. The van der Waals surface area contributed by atoms with Crippen molar-refractivity contribution in [3.63, 3.8) is 0 Å². The van der Waals surface area contributed by atoms with Crippen LogP contribution in [0.4, 0.5) is 0 Å². The monoisotopic (exact) mass is 1840 g/mol. The molecule has 0 fully saturated rings. The number of hydrogen-bond donors (Lipinski definition) is 0. The summed E-state index contributed by atoms with van der Waals surface area (Å²) in [7, 11) is 0. The Morgan fingerprint density at radius 1 is 0.0870 bits per heavy atom. The van der Waals surface area contributed by atoms with E-state index in [-0.39, 0.29) is 0 Å². The van der Waals surface area contributed by atoms with Gasteiger partial charge in [-0.25, -0.2) is 0 Å². The summed E-state index contributed by atoms with van der Waals surface area (Å²) in [6.07, 6.45) is 0. The summed E-state index contributed by atoms with van der Waals surface area (Å²) < 4.78 is 813. The molecule has 0 heteroatoms. The third kappa shape index (κ3) is 15.0. The molecule has 0 aliphatic carbocycles. The molecule has 0 aliphatic rings. The average Bonchev–Trinajstić information content (AvgIpc) is 0.680. The SMILES string of the molecule is [2H]c1c([2H])c([2H])c(-c2c([2H])c(-c3c4c([2H])c([2H])c([2H])c([2H])c4c(-c4c([2H])c([2H])c([2H])c([2H])c4[2H])c4c([2H])c(-c5c([2H])c([2H])c6c([2H])c([2H])c([2H])c([2H])c6c5[2H])c([2H])c([2H])c34)c([2H])c3c([2H])c([2H])c([2H])c([2H])c23)c([2H])c1[2H].[2H]c1c([2H])c([2H])c(-c2c([2H])c(-c3c4c([2H])c([2H])c([2H])c([2H])c4c(-c4c([2H])c([2H])c([2H])c([2H])c4[2H])c4c([2H])c([2H])c(-c5c([2H])c([2H])c([2H])c6c([2H])c([2H])c([2H])c([2H])c56)c([2H])c34)c([2H])c3c([2H])c([2H])c([2H])c([2H])c23)c([2H])c1[2H].[2H]c1c([2H])c([2H])c(-c2c([2H])c(-c3c4c([2H])c([2H])c([2H])c([2H])c4c(-c4c([2H])c([2H])c([2H])c([2H])c4[2H])c4c([2H])c([2H])c(-c5c([2H])c([2H])c6c([2H])c([2H])c([2H])c([2H])c6c5[2H])c([2H])c34)c([2H])c3c([2H])c([2H])c([2H])c([2H])c23)c([2H])c1[2H]. The molecule has 0 saturated heterocycles. The Balaban J connectivity index is 0.000000161. The molecule has 0 saturated carbocycles. The van der Waals surface area contributed by atoms with Crippen LogP contribution in [0.15, 0.2) is 544 Å². The largest absolute Gasteiger partial charge is 0.0636 e. The normalized spacial score (nSPS) is 20.6. The fraction of sp³-hybridized carbons (Fsp3) is 0. The van der Waals surface area contributed by atoms with Gasteiger partial charge in [0.25, 0.3) is 0 Å². The second kappa shape index (κ2) is 35.5. The quantitative estimate of drug-likeness (QED) is 0.107. The zero-order valence-electron chi connectivity index (χ0n) is 159. The van der Waals surface area contributed by atoms with E-state index in [0.29, 0.717) is 0 Å². The van der Waals surface area contributed by atoms with Gasteiger partial charge in [-0.2, -0.15) is 0 Å². The molecule has 0 nitrogen and oxygen atoms in total. The van der Waals surface area contributed by atoms with E-state index in [1.165, 1.54) is 0 Å². The first-order chi connectivity index (χ1) is 106. The molecule has 0 aliphatic heterocycles. The van der Waals surface area contributed by atoms with Crippen LogP contribution < -0.4 is 0 Å². The van der Waals surface area contributed by atoms with Crippen LogP contribution in [0.1, 0.15) is 123 Å². The Morgan fingerprint density at radius 3 is 0.623 bits per heavy atom. The maximum Gasteiger partial charge on any atom is 0.0636 e. The van der Waals surface area contributed by atoms with Crippen LogP contribution in [0, 0.1) is 0 Å². The highest BCUT2D eigenvalue weighted by molar-refractivity contribution is 6.27. The van der Waals surface area contributed by atoms with E-state index in [1.807, 2.05) is 0 Å². The van der Waals surface area contributed by atoms with Gasteiger partial charge in [-0.15, -0.1) is 0 Å². The third-order valence-electron chi connectivity index (χ3n) is 21.6. The van der Waals surface area contributed by atoms with E-state index >= 15 is 0 Å².